The monoisotopic (exact) mass is 746 g/mol. The average molecular weight is 748 g/mol. The number of rotatable bonds is 7. The summed E-state index contributed by atoms with van der Waals surface area (Å²) in [5.74, 6) is 0.963. The van der Waals surface area contributed by atoms with Gasteiger partial charge in [-0.3, -0.25) is 5.10 Å². The molecule has 256 valence electrons. The number of alkyl halides is 1. The zero-order valence-electron chi connectivity index (χ0n) is 28.0. The van der Waals surface area contributed by atoms with Crippen LogP contribution in [0.15, 0.2) is 49.6 Å². The number of aromatic amines is 1. The van der Waals surface area contributed by atoms with Crippen molar-refractivity contribution < 1.29 is 0 Å². The van der Waals surface area contributed by atoms with Crippen LogP contribution in [-0.4, -0.2) is 74.4 Å². The lowest BCUT2D eigenvalue weighted by molar-refractivity contribution is 0.637. The van der Waals surface area contributed by atoms with Crippen molar-refractivity contribution in [3.63, 3.8) is 0 Å². The van der Waals surface area contributed by atoms with Crippen LogP contribution >= 0.6 is 15.9 Å². The first-order valence-corrected chi connectivity index (χ1v) is 16.7. The fourth-order valence-electron chi connectivity index (χ4n) is 4.92. The highest BCUT2D eigenvalue weighted by Gasteiger charge is 2.12. The number of aryl methyl sites for hydroxylation is 5. The Morgan fingerprint density at radius 2 is 1.37 bits per heavy atom. The molecule has 3 N–H and O–H groups in total. The second-order valence-corrected chi connectivity index (χ2v) is 11.9. The zero-order valence-corrected chi connectivity index (χ0v) is 29.6. The van der Waals surface area contributed by atoms with Crippen LogP contribution in [-0.2, 0) is 6.54 Å². The molecular weight excluding hydrogens is 716 g/mol. The number of halogens is 1. The Bertz CT molecular complexity index is 2550. The van der Waals surface area contributed by atoms with Crippen molar-refractivity contribution in [2.75, 3.05) is 16.0 Å². The van der Waals surface area contributed by atoms with Crippen molar-refractivity contribution in [3.8, 4) is 12.1 Å². The average Bonchev–Trinajstić information content (AvgIpc) is 3.92. The first-order chi connectivity index (χ1) is 24.8. The molecule has 0 aliphatic heterocycles. The van der Waals surface area contributed by atoms with E-state index in [1.165, 1.54) is 12.7 Å². The van der Waals surface area contributed by atoms with Gasteiger partial charge in [-0.1, -0.05) is 15.9 Å². The van der Waals surface area contributed by atoms with Gasteiger partial charge in [-0.05, 0) is 51.0 Å². The maximum Gasteiger partial charge on any atom is 0.229 e. The molecule has 18 nitrogen and oxygen atoms in total. The Balaban J connectivity index is 0.000000157. The van der Waals surface area contributed by atoms with Crippen molar-refractivity contribution in [1.29, 1.82) is 10.5 Å². The Kier molecular flexibility index (Phi) is 10.3. The number of hydrogen-bond donors (Lipinski definition) is 3. The van der Waals surface area contributed by atoms with E-state index >= 15 is 0 Å². The third-order valence-electron chi connectivity index (χ3n) is 7.56. The number of anilines is 4. The van der Waals surface area contributed by atoms with E-state index in [1.807, 2.05) is 58.3 Å². The molecule has 8 rings (SSSR count). The van der Waals surface area contributed by atoms with Gasteiger partial charge >= 0.3 is 0 Å². The van der Waals surface area contributed by atoms with E-state index < -0.39 is 0 Å². The molecule has 0 radical (unpaired) electrons. The summed E-state index contributed by atoms with van der Waals surface area (Å²) in [5, 5.41) is 45.3. The molecule has 0 aliphatic rings. The van der Waals surface area contributed by atoms with E-state index in [-0.39, 0.29) is 0 Å². The molecule has 51 heavy (non-hydrogen) atoms. The maximum absolute atomic E-state index is 8.81. The van der Waals surface area contributed by atoms with Crippen molar-refractivity contribution >= 4 is 72.6 Å². The summed E-state index contributed by atoms with van der Waals surface area (Å²) in [6.07, 6.45) is 11.2. The Hall–Kier alpha value is -6.60. The summed E-state index contributed by atoms with van der Waals surface area (Å²) in [7, 11) is 0. The van der Waals surface area contributed by atoms with Crippen molar-refractivity contribution in [1.82, 2.24) is 69.1 Å². The number of H-pyrrole nitrogens is 1. The SMILES string of the molecule is Cc1cc2ncnn2cc1Nc1ncc2c(C)[nH]nc2n1.Cc1cc2ncnn2cc1Nc1ncc2c(C)nn(CCC#N)c2n1.N#CCCBr. The largest absolute Gasteiger partial charge is 0.323 e. The third-order valence-corrected chi connectivity index (χ3v) is 7.95. The summed E-state index contributed by atoms with van der Waals surface area (Å²) < 4.78 is 5.13. The van der Waals surface area contributed by atoms with Gasteiger partial charge in [-0.15, -0.1) is 0 Å². The van der Waals surface area contributed by atoms with E-state index in [1.54, 1.807) is 26.1 Å². The van der Waals surface area contributed by atoms with Gasteiger partial charge in [-0.2, -0.15) is 40.9 Å². The van der Waals surface area contributed by atoms with Crippen molar-refractivity contribution in [2.24, 2.45) is 0 Å². The van der Waals surface area contributed by atoms with Gasteiger partial charge in [0, 0.05) is 29.8 Å². The van der Waals surface area contributed by atoms with Crippen molar-refractivity contribution in [2.45, 2.75) is 47.1 Å². The number of pyridine rings is 2. The van der Waals surface area contributed by atoms with Crippen LogP contribution in [0.5, 0.6) is 0 Å². The normalized spacial score (nSPS) is 10.7. The van der Waals surface area contributed by atoms with Crippen LogP contribution in [0.25, 0.3) is 33.4 Å². The molecule has 0 unspecified atom stereocenters. The first-order valence-electron chi connectivity index (χ1n) is 15.6. The first kappa shape index (κ1) is 34.3. The number of nitriles is 2. The molecule has 8 aromatic heterocycles. The van der Waals surface area contributed by atoms with Gasteiger partial charge in [0.2, 0.25) is 11.9 Å². The number of fused-ring (bicyclic) bond motifs is 4. The van der Waals surface area contributed by atoms with E-state index in [9.17, 15) is 0 Å². The Morgan fingerprint density at radius 1 is 0.784 bits per heavy atom. The van der Waals surface area contributed by atoms with Gasteiger partial charge in [-0.25, -0.2) is 33.6 Å². The zero-order chi connectivity index (χ0) is 35.9. The molecular formula is C32H31BrN18. The van der Waals surface area contributed by atoms with Gasteiger partial charge in [0.15, 0.2) is 22.6 Å². The van der Waals surface area contributed by atoms with Crippen LogP contribution in [0, 0.1) is 50.4 Å². The maximum atomic E-state index is 8.81. The van der Waals surface area contributed by atoms with E-state index in [0.29, 0.717) is 42.6 Å². The van der Waals surface area contributed by atoms with Crippen LogP contribution < -0.4 is 10.6 Å². The minimum atomic E-state index is 0.380. The molecule has 0 fully saturated rings. The Morgan fingerprint density at radius 3 is 1.94 bits per heavy atom. The summed E-state index contributed by atoms with van der Waals surface area (Å²) >= 11 is 3.09. The van der Waals surface area contributed by atoms with Crippen LogP contribution in [0.1, 0.15) is 35.4 Å². The van der Waals surface area contributed by atoms with Crippen LogP contribution in [0.2, 0.25) is 0 Å². The molecule has 0 amide bonds. The molecule has 0 aromatic carbocycles. The standard InChI is InChI=1S/C16H15N9.C13H12N8.C3H4BrN/c1-10-6-14-19-9-20-25(14)8-13(10)21-16-18-7-12-11(2)23-24(5-3-4-17)15(12)22-16;1-7-3-11-15-6-16-21(11)5-10(7)17-13-14-4-9-8(2)19-20-12(9)18-13;4-2-1-3-5/h6-9H,3,5H2,1-2H3,(H,18,21,22);3-6H,1-2H3,(H2,14,17,18,19,20);1-2H2. The minimum Gasteiger partial charge on any atom is -0.323 e. The highest BCUT2D eigenvalue weighted by atomic mass is 79.9. The van der Waals surface area contributed by atoms with Crippen LogP contribution in [0.4, 0.5) is 23.3 Å². The second kappa shape index (κ2) is 15.3. The predicted molar refractivity (Wildman–Crippen MR) is 193 cm³/mol. The summed E-state index contributed by atoms with van der Waals surface area (Å²) in [6, 6.07) is 7.99. The quantitative estimate of drug-likeness (QED) is 0.178. The number of nitrogens with zero attached hydrogens (tertiary/aromatic N) is 15. The molecule has 0 spiro atoms. The lowest BCUT2D eigenvalue weighted by atomic mass is 10.2. The van der Waals surface area contributed by atoms with Gasteiger partial charge in [0.1, 0.15) is 12.7 Å². The molecule has 8 heterocycles. The molecule has 0 atom stereocenters. The Labute approximate surface area is 298 Å². The summed E-state index contributed by atoms with van der Waals surface area (Å²) in [5.41, 5.74) is 8.51. The topological polar surface area (TPSA) is 230 Å². The highest BCUT2D eigenvalue weighted by molar-refractivity contribution is 9.09. The van der Waals surface area contributed by atoms with E-state index in [0.717, 1.165) is 61.3 Å². The number of nitrogens with one attached hydrogen (secondary N) is 3. The molecule has 8 aromatic rings. The molecule has 0 bridgehead atoms. The predicted octanol–water partition coefficient (Wildman–Crippen LogP) is 5.19. The second-order valence-electron chi connectivity index (χ2n) is 11.1. The number of hydrogen-bond acceptors (Lipinski definition) is 14. The van der Waals surface area contributed by atoms with Gasteiger partial charge in [0.05, 0.1) is 65.3 Å². The van der Waals surface area contributed by atoms with Crippen LogP contribution in [0.3, 0.4) is 0 Å². The summed E-state index contributed by atoms with van der Waals surface area (Å²) in [4.78, 5) is 26.0. The number of aromatic nitrogens is 14. The molecule has 0 aliphatic carbocycles. The summed E-state index contributed by atoms with van der Waals surface area (Å²) in [6.45, 7) is 8.32. The molecule has 0 saturated heterocycles. The molecule has 19 heteroatoms. The van der Waals surface area contributed by atoms with Gasteiger partial charge in [0.25, 0.3) is 0 Å². The molecule has 0 saturated carbocycles. The van der Waals surface area contributed by atoms with E-state index in [4.69, 9.17) is 10.5 Å². The fourth-order valence-corrected chi connectivity index (χ4v) is 5.10. The minimum absolute atomic E-state index is 0.380. The fraction of sp³-hybridized carbons (Fsp3) is 0.250. The third kappa shape index (κ3) is 7.68. The lowest BCUT2D eigenvalue weighted by Gasteiger charge is -2.08. The smallest absolute Gasteiger partial charge is 0.229 e. The van der Waals surface area contributed by atoms with Gasteiger partial charge < -0.3 is 10.6 Å². The van der Waals surface area contributed by atoms with Crippen molar-refractivity contribution in [3.05, 3.63) is 72.1 Å². The lowest BCUT2D eigenvalue weighted by Crippen LogP contribution is -2.04. The highest BCUT2D eigenvalue weighted by Crippen LogP contribution is 2.23. The van der Waals surface area contributed by atoms with E-state index in [2.05, 4.69) is 88.0 Å².